The number of hydrogen-bond acceptors (Lipinski definition) is 1. The van der Waals surface area contributed by atoms with Crippen LogP contribution in [0.25, 0.3) is 0 Å². The second-order valence-electron chi connectivity index (χ2n) is 2.57. The van der Waals surface area contributed by atoms with Gasteiger partial charge in [0.25, 0.3) is 5.91 Å². The van der Waals surface area contributed by atoms with Gasteiger partial charge in [-0.05, 0) is 12.1 Å². The molecule has 0 unspecified atom stereocenters. The summed E-state index contributed by atoms with van der Waals surface area (Å²) in [4.78, 5) is 11.2. The minimum absolute atomic E-state index is 0.184. The molecule has 0 atom stereocenters. The normalized spacial score (nSPS) is 9.93. The highest BCUT2D eigenvalue weighted by molar-refractivity contribution is 6.18. The Labute approximate surface area is 84.9 Å². The molecule has 0 fully saturated rings. The number of hydrogen-bond donors (Lipinski definition) is 1. The lowest BCUT2D eigenvalue weighted by Crippen LogP contribution is -2.26. The third-order valence-corrected chi connectivity index (χ3v) is 1.74. The number of carbonyl (C=O) groups is 1. The summed E-state index contributed by atoms with van der Waals surface area (Å²) in [6.07, 6.45) is 0. The first-order valence-electron chi connectivity index (χ1n) is 3.94. The summed E-state index contributed by atoms with van der Waals surface area (Å²) in [5.41, 5.74) is -0.184. The fraction of sp³-hybridized carbons (Fsp3) is 0.222. The van der Waals surface area contributed by atoms with Crippen LogP contribution in [0.2, 0.25) is 0 Å². The van der Waals surface area contributed by atoms with Crippen molar-refractivity contribution in [2.24, 2.45) is 0 Å². The van der Waals surface area contributed by atoms with Crippen molar-refractivity contribution < 1.29 is 13.6 Å². The topological polar surface area (TPSA) is 29.1 Å². The van der Waals surface area contributed by atoms with Crippen molar-refractivity contribution in [3.05, 3.63) is 35.4 Å². The summed E-state index contributed by atoms with van der Waals surface area (Å²) in [5.74, 6) is -1.94. The minimum atomic E-state index is -0.878. The molecule has 0 aliphatic carbocycles. The van der Waals surface area contributed by atoms with Crippen molar-refractivity contribution in [3.8, 4) is 0 Å². The number of amides is 1. The van der Waals surface area contributed by atoms with Gasteiger partial charge in [0, 0.05) is 18.5 Å². The molecule has 0 aliphatic heterocycles. The highest BCUT2D eigenvalue weighted by Gasteiger charge is 2.11. The lowest BCUT2D eigenvalue weighted by atomic mass is 10.2. The van der Waals surface area contributed by atoms with Crippen molar-refractivity contribution in [1.82, 2.24) is 5.32 Å². The molecular formula is C9H8ClF2NO. The van der Waals surface area contributed by atoms with E-state index in [9.17, 15) is 13.6 Å². The van der Waals surface area contributed by atoms with Crippen LogP contribution in [0.3, 0.4) is 0 Å². The van der Waals surface area contributed by atoms with Gasteiger partial charge in [-0.25, -0.2) is 8.78 Å². The zero-order chi connectivity index (χ0) is 10.6. The molecule has 0 heterocycles. The molecule has 76 valence electrons. The van der Waals surface area contributed by atoms with Crippen LogP contribution in [0.5, 0.6) is 0 Å². The summed E-state index contributed by atoms with van der Waals surface area (Å²) in [6, 6.07) is 2.78. The molecule has 1 aromatic rings. The van der Waals surface area contributed by atoms with Crippen LogP contribution < -0.4 is 5.32 Å². The highest BCUT2D eigenvalue weighted by Crippen LogP contribution is 2.08. The summed E-state index contributed by atoms with van der Waals surface area (Å²) >= 11 is 5.33. The zero-order valence-corrected chi connectivity index (χ0v) is 7.94. The van der Waals surface area contributed by atoms with E-state index in [0.29, 0.717) is 6.07 Å². The van der Waals surface area contributed by atoms with Crippen LogP contribution in [0.4, 0.5) is 8.78 Å². The van der Waals surface area contributed by atoms with Crippen molar-refractivity contribution in [2.45, 2.75) is 0 Å². The predicted octanol–water partition coefficient (Wildman–Crippen LogP) is 1.93. The van der Waals surface area contributed by atoms with Gasteiger partial charge in [-0.15, -0.1) is 11.6 Å². The van der Waals surface area contributed by atoms with Crippen LogP contribution in [-0.4, -0.2) is 18.3 Å². The molecule has 0 saturated carbocycles. The monoisotopic (exact) mass is 219 g/mol. The van der Waals surface area contributed by atoms with Crippen LogP contribution in [-0.2, 0) is 0 Å². The van der Waals surface area contributed by atoms with E-state index in [0.717, 1.165) is 12.1 Å². The maximum absolute atomic E-state index is 13.0. The van der Waals surface area contributed by atoms with Crippen LogP contribution in [0.15, 0.2) is 18.2 Å². The van der Waals surface area contributed by atoms with Gasteiger partial charge in [0.05, 0.1) is 5.56 Å². The quantitative estimate of drug-likeness (QED) is 0.774. The maximum Gasteiger partial charge on any atom is 0.254 e. The Kier molecular flexibility index (Phi) is 3.83. The highest BCUT2D eigenvalue weighted by atomic mass is 35.5. The Bertz CT molecular complexity index is 344. The molecule has 1 N–H and O–H groups in total. The number of nitrogens with one attached hydrogen (secondary N) is 1. The van der Waals surface area contributed by atoms with E-state index in [-0.39, 0.29) is 18.0 Å². The molecule has 0 saturated heterocycles. The van der Waals surface area contributed by atoms with E-state index < -0.39 is 17.5 Å². The Morgan fingerprint density at radius 2 is 2.14 bits per heavy atom. The van der Waals surface area contributed by atoms with Crippen LogP contribution in [0, 0.1) is 11.6 Å². The molecule has 5 heteroatoms. The van der Waals surface area contributed by atoms with Crippen molar-refractivity contribution in [1.29, 1.82) is 0 Å². The molecule has 0 spiro atoms. The fourth-order valence-corrected chi connectivity index (χ4v) is 1.02. The van der Waals surface area contributed by atoms with E-state index in [4.69, 9.17) is 11.6 Å². The summed E-state index contributed by atoms with van der Waals surface area (Å²) in [6.45, 7) is 0.247. The second-order valence-corrected chi connectivity index (χ2v) is 2.95. The average molecular weight is 220 g/mol. The third-order valence-electron chi connectivity index (χ3n) is 1.56. The fourth-order valence-electron chi connectivity index (χ4n) is 0.930. The molecule has 0 radical (unpaired) electrons. The zero-order valence-electron chi connectivity index (χ0n) is 7.19. The number of alkyl halides is 1. The van der Waals surface area contributed by atoms with Gasteiger partial charge in [0.2, 0.25) is 0 Å². The van der Waals surface area contributed by atoms with E-state index >= 15 is 0 Å². The first-order chi connectivity index (χ1) is 6.65. The molecule has 1 aromatic carbocycles. The number of rotatable bonds is 3. The van der Waals surface area contributed by atoms with Crippen molar-refractivity contribution >= 4 is 17.5 Å². The Morgan fingerprint density at radius 3 is 2.71 bits per heavy atom. The smallest absolute Gasteiger partial charge is 0.254 e. The number of benzene rings is 1. The van der Waals surface area contributed by atoms with E-state index in [1.807, 2.05) is 0 Å². The van der Waals surface area contributed by atoms with Crippen molar-refractivity contribution in [2.75, 3.05) is 12.4 Å². The van der Waals surface area contributed by atoms with Gasteiger partial charge in [-0.2, -0.15) is 0 Å². The van der Waals surface area contributed by atoms with Crippen LogP contribution in [0.1, 0.15) is 10.4 Å². The molecular weight excluding hydrogens is 212 g/mol. The summed E-state index contributed by atoms with van der Waals surface area (Å²) in [7, 11) is 0. The lowest BCUT2D eigenvalue weighted by Gasteiger charge is -2.03. The minimum Gasteiger partial charge on any atom is -0.351 e. The number of carbonyl (C=O) groups excluding carboxylic acids is 1. The molecule has 0 aromatic heterocycles. The van der Waals surface area contributed by atoms with Crippen LogP contribution >= 0.6 is 11.6 Å². The standard InChI is InChI=1S/C9H8ClF2NO/c10-3-4-13-9(14)7-2-1-6(11)5-8(7)12/h1-2,5H,3-4H2,(H,13,14). The second kappa shape index (κ2) is 4.91. The maximum atomic E-state index is 13.0. The summed E-state index contributed by atoms with van der Waals surface area (Å²) in [5, 5.41) is 2.38. The molecule has 1 rings (SSSR count). The predicted molar refractivity (Wildman–Crippen MR) is 49.4 cm³/mol. The van der Waals surface area contributed by atoms with E-state index in [1.54, 1.807) is 0 Å². The van der Waals surface area contributed by atoms with Gasteiger partial charge in [-0.1, -0.05) is 0 Å². The molecule has 0 bridgehead atoms. The van der Waals surface area contributed by atoms with Gasteiger partial charge in [0.1, 0.15) is 11.6 Å². The summed E-state index contributed by atoms with van der Waals surface area (Å²) < 4.78 is 25.5. The van der Waals surface area contributed by atoms with Crippen molar-refractivity contribution in [3.63, 3.8) is 0 Å². The SMILES string of the molecule is O=C(NCCCl)c1ccc(F)cc1F. The van der Waals surface area contributed by atoms with Gasteiger partial charge >= 0.3 is 0 Å². The molecule has 14 heavy (non-hydrogen) atoms. The average Bonchev–Trinajstić information content (AvgIpc) is 2.14. The number of halogens is 3. The molecule has 2 nitrogen and oxygen atoms in total. The van der Waals surface area contributed by atoms with Gasteiger partial charge in [-0.3, -0.25) is 4.79 Å². The lowest BCUT2D eigenvalue weighted by molar-refractivity contribution is 0.0952. The largest absolute Gasteiger partial charge is 0.351 e. The molecule has 0 aliphatic rings. The van der Waals surface area contributed by atoms with E-state index in [1.165, 1.54) is 0 Å². The first-order valence-corrected chi connectivity index (χ1v) is 4.48. The third kappa shape index (κ3) is 2.67. The Balaban J connectivity index is 2.80. The Hall–Kier alpha value is -1.16. The first kappa shape index (κ1) is 10.9. The Morgan fingerprint density at radius 1 is 1.43 bits per heavy atom. The van der Waals surface area contributed by atoms with Gasteiger partial charge < -0.3 is 5.32 Å². The van der Waals surface area contributed by atoms with Gasteiger partial charge in [0.15, 0.2) is 0 Å². The molecule has 1 amide bonds. The van der Waals surface area contributed by atoms with E-state index in [2.05, 4.69) is 5.32 Å².